The molecule has 1 aromatic carbocycles. The third-order valence-corrected chi connectivity index (χ3v) is 4.26. The molecule has 0 bridgehead atoms. The van der Waals surface area contributed by atoms with E-state index >= 15 is 0 Å². The first-order valence-corrected chi connectivity index (χ1v) is 8.77. The summed E-state index contributed by atoms with van der Waals surface area (Å²) in [5, 5.41) is 14.0. The van der Waals surface area contributed by atoms with E-state index in [4.69, 9.17) is 11.6 Å². The van der Waals surface area contributed by atoms with Crippen molar-refractivity contribution in [2.24, 2.45) is 0 Å². The number of rotatable bonds is 7. The molecule has 0 radical (unpaired) electrons. The van der Waals surface area contributed by atoms with Gasteiger partial charge in [0.25, 0.3) is 11.2 Å². The highest BCUT2D eigenvalue weighted by atomic mass is 35.5. The second kappa shape index (κ2) is 9.14. The Balaban J connectivity index is 2.08. The molecule has 1 N–H and O–H groups in total. The van der Waals surface area contributed by atoms with Crippen LogP contribution in [0.25, 0.3) is 0 Å². The number of nitrogens with one attached hydrogen (secondary N) is 1. The zero-order valence-electron chi connectivity index (χ0n) is 15.3. The van der Waals surface area contributed by atoms with E-state index in [0.29, 0.717) is 10.7 Å². The Morgan fingerprint density at radius 3 is 2.64 bits per heavy atom. The van der Waals surface area contributed by atoms with Crippen LogP contribution in [0.5, 0.6) is 0 Å². The number of hydrogen-bond donors (Lipinski definition) is 1. The van der Waals surface area contributed by atoms with Crippen LogP contribution in [0.2, 0.25) is 5.02 Å². The summed E-state index contributed by atoms with van der Waals surface area (Å²) in [5.74, 6) is -0.935. The van der Waals surface area contributed by atoms with Crippen LogP contribution in [-0.2, 0) is 16.1 Å². The molecule has 0 saturated carbocycles. The van der Waals surface area contributed by atoms with Crippen LogP contribution >= 0.6 is 11.6 Å². The van der Waals surface area contributed by atoms with E-state index in [1.807, 2.05) is 6.92 Å². The maximum atomic E-state index is 12.5. The maximum Gasteiger partial charge on any atom is 0.285 e. The predicted molar refractivity (Wildman–Crippen MR) is 104 cm³/mol. The largest absolute Gasteiger partial charge is 0.332 e. The number of likely N-dealkylation sites (N-methyl/N-ethyl adjacent to an activating group) is 1. The molecule has 10 heteroatoms. The second-order valence-corrected chi connectivity index (χ2v) is 6.46. The number of amides is 2. The average Bonchev–Trinajstić information content (AvgIpc) is 2.64. The molecule has 0 atom stereocenters. The molecule has 148 valence electrons. The van der Waals surface area contributed by atoms with Crippen LogP contribution in [0, 0.1) is 17.0 Å². The van der Waals surface area contributed by atoms with Crippen molar-refractivity contribution in [2.75, 3.05) is 18.4 Å². The van der Waals surface area contributed by atoms with Gasteiger partial charge < -0.3 is 10.2 Å². The minimum atomic E-state index is -0.654. The molecule has 0 aliphatic rings. The fourth-order valence-corrected chi connectivity index (χ4v) is 2.64. The van der Waals surface area contributed by atoms with E-state index in [1.165, 1.54) is 4.90 Å². The van der Waals surface area contributed by atoms with E-state index in [2.05, 4.69) is 5.32 Å². The number of anilines is 1. The summed E-state index contributed by atoms with van der Waals surface area (Å²) >= 11 is 5.93. The van der Waals surface area contributed by atoms with Gasteiger partial charge in [-0.3, -0.25) is 29.1 Å². The van der Waals surface area contributed by atoms with Crippen molar-refractivity contribution < 1.29 is 14.5 Å². The molecular weight excluding hydrogens is 388 g/mol. The number of aryl methyl sites for hydroxylation is 1. The molecule has 2 aromatic rings. The zero-order valence-corrected chi connectivity index (χ0v) is 16.1. The Labute approximate surface area is 165 Å². The molecule has 2 amide bonds. The van der Waals surface area contributed by atoms with E-state index < -0.39 is 28.8 Å². The van der Waals surface area contributed by atoms with Gasteiger partial charge in [0.15, 0.2) is 0 Å². The molecule has 0 unspecified atom stereocenters. The summed E-state index contributed by atoms with van der Waals surface area (Å²) in [6.07, 6.45) is 1.00. The number of benzene rings is 1. The number of nitrogens with zero attached hydrogens (tertiary/aromatic N) is 3. The molecule has 0 aliphatic heterocycles. The van der Waals surface area contributed by atoms with E-state index in [9.17, 15) is 24.5 Å². The lowest BCUT2D eigenvalue weighted by atomic mass is 10.2. The van der Waals surface area contributed by atoms with E-state index in [1.54, 1.807) is 25.1 Å². The van der Waals surface area contributed by atoms with Crippen LogP contribution in [0.1, 0.15) is 12.5 Å². The lowest BCUT2D eigenvalue weighted by Crippen LogP contribution is -2.41. The minimum Gasteiger partial charge on any atom is -0.332 e. The molecule has 1 aromatic heterocycles. The Morgan fingerprint density at radius 2 is 2.00 bits per heavy atom. The molecule has 1 heterocycles. The Morgan fingerprint density at radius 1 is 1.29 bits per heavy atom. The number of halogens is 1. The van der Waals surface area contributed by atoms with Gasteiger partial charge in [-0.05, 0) is 31.5 Å². The highest BCUT2D eigenvalue weighted by Gasteiger charge is 2.18. The highest BCUT2D eigenvalue weighted by Crippen LogP contribution is 2.20. The number of carbonyl (C=O) groups excluding carboxylic acids is 2. The van der Waals surface area contributed by atoms with Gasteiger partial charge >= 0.3 is 0 Å². The summed E-state index contributed by atoms with van der Waals surface area (Å²) in [7, 11) is 0. The predicted octanol–water partition coefficient (Wildman–Crippen LogP) is 2.21. The number of nitro groups is 1. The molecule has 0 fully saturated rings. The molecule has 0 saturated heterocycles. The minimum absolute atomic E-state index is 0.227. The van der Waals surface area contributed by atoms with Crippen molar-refractivity contribution in [3.8, 4) is 0 Å². The molecule has 2 rings (SSSR count). The number of hydrogen-bond acceptors (Lipinski definition) is 5. The summed E-state index contributed by atoms with van der Waals surface area (Å²) < 4.78 is 0.947. The third-order valence-electron chi connectivity index (χ3n) is 4.03. The summed E-state index contributed by atoms with van der Waals surface area (Å²) in [4.78, 5) is 48.1. The fraction of sp³-hybridized carbons (Fsp3) is 0.278. The highest BCUT2D eigenvalue weighted by molar-refractivity contribution is 6.31. The average molecular weight is 407 g/mol. The first-order chi connectivity index (χ1) is 13.2. The van der Waals surface area contributed by atoms with Gasteiger partial charge in [0, 0.05) is 29.4 Å². The number of carbonyl (C=O) groups is 2. The SMILES string of the molecule is CCN(CC(=O)Nc1cc(Cl)ccc1C)C(=O)Cn1cc([N+](=O)[O-])ccc1=O. The van der Waals surface area contributed by atoms with Gasteiger partial charge in [-0.25, -0.2) is 0 Å². The van der Waals surface area contributed by atoms with Crippen molar-refractivity contribution in [3.63, 3.8) is 0 Å². The van der Waals surface area contributed by atoms with Crippen LogP contribution < -0.4 is 10.9 Å². The van der Waals surface area contributed by atoms with Crippen LogP contribution in [-0.4, -0.2) is 39.3 Å². The van der Waals surface area contributed by atoms with Crippen molar-refractivity contribution in [1.29, 1.82) is 0 Å². The number of aromatic nitrogens is 1. The maximum absolute atomic E-state index is 12.5. The van der Waals surface area contributed by atoms with Gasteiger partial charge in [0.2, 0.25) is 11.8 Å². The van der Waals surface area contributed by atoms with Crippen molar-refractivity contribution in [2.45, 2.75) is 20.4 Å². The smallest absolute Gasteiger partial charge is 0.285 e. The molecule has 0 spiro atoms. The third kappa shape index (κ3) is 5.40. The molecule has 9 nitrogen and oxygen atoms in total. The Bertz CT molecular complexity index is 973. The quantitative estimate of drug-likeness (QED) is 0.559. The van der Waals surface area contributed by atoms with Gasteiger partial charge in [-0.2, -0.15) is 0 Å². The zero-order chi connectivity index (χ0) is 20.8. The number of pyridine rings is 1. The fourth-order valence-electron chi connectivity index (χ4n) is 2.46. The van der Waals surface area contributed by atoms with E-state index in [0.717, 1.165) is 28.5 Å². The summed E-state index contributed by atoms with van der Waals surface area (Å²) in [5.41, 5.74) is 0.504. The second-order valence-electron chi connectivity index (χ2n) is 6.03. The standard InChI is InChI=1S/C18H19ClN4O5/c1-3-21(10-16(24)20-15-8-13(19)5-4-12(15)2)18(26)11-22-9-14(23(27)28)6-7-17(22)25/h4-9H,3,10-11H2,1-2H3,(H,20,24). The lowest BCUT2D eigenvalue weighted by Gasteiger charge is -2.21. The van der Waals surface area contributed by atoms with Crippen LogP contribution in [0.15, 0.2) is 41.3 Å². The van der Waals surface area contributed by atoms with Crippen molar-refractivity contribution >= 4 is 34.8 Å². The van der Waals surface area contributed by atoms with Crippen LogP contribution in [0.3, 0.4) is 0 Å². The van der Waals surface area contributed by atoms with Gasteiger partial charge in [0.05, 0.1) is 17.7 Å². The Kier molecular flexibility index (Phi) is 6.89. The summed E-state index contributed by atoms with van der Waals surface area (Å²) in [6.45, 7) is 3.09. The first kappa shape index (κ1) is 21.1. The lowest BCUT2D eigenvalue weighted by molar-refractivity contribution is -0.385. The van der Waals surface area contributed by atoms with Crippen LogP contribution in [0.4, 0.5) is 11.4 Å². The van der Waals surface area contributed by atoms with Gasteiger partial charge in [-0.1, -0.05) is 17.7 Å². The van der Waals surface area contributed by atoms with Gasteiger partial charge in [-0.15, -0.1) is 0 Å². The Hall–Kier alpha value is -3.20. The van der Waals surface area contributed by atoms with Crippen molar-refractivity contribution in [3.05, 3.63) is 67.6 Å². The first-order valence-electron chi connectivity index (χ1n) is 8.40. The summed E-state index contributed by atoms with van der Waals surface area (Å²) in [6, 6.07) is 7.16. The van der Waals surface area contributed by atoms with E-state index in [-0.39, 0.29) is 18.8 Å². The normalized spacial score (nSPS) is 10.4. The molecule has 0 aliphatic carbocycles. The molecular formula is C18H19ClN4O5. The van der Waals surface area contributed by atoms with Crippen molar-refractivity contribution in [1.82, 2.24) is 9.47 Å². The topological polar surface area (TPSA) is 115 Å². The monoisotopic (exact) mass is 406 g/mol. The van der Waals surface area contributed by atoms with Gasteiger partial charge in [0.1, 0.15) is 6.54 Å². The molecule has 28 heavy (non-hydrogen) atoms.